The van der Waals surface area contributed by atoms with Crippen LogP contribution in [0, 0.1) is 5.92 Å². The quantitative estimate of drug-likeness (QED) is 0.784. The first-order valence-corrected chi connectivity index (χ1v) is 9.86. The van der Waals surface area contributed by atoms with Crippen molar-refractivity contribution in [2.75, 3.05) is 26.7 Å². The molecule has 0 aromatic heterocycles. The van der Waals surface area contributed by atoms with E-state index in [2.05, 4.69) is 22.3 Å². The van der Waals surface area contributed by atoms with E-state index in [1.807, 2.05) is 36.4 Å². The number of methoxy groups -OCH3 is 1. The molecule has 0 spiro atoms. The first-order chi connectivity index (χ1) is 13.1. The fourth-order valence-corrected chi connectivity index (χ4v) is 3.70. The van der Waals surface area contributed by atoms with Gasteiger partial charge in [0, 0.05) is 18.1 Å². The van der Waals surface area contributed by atoms with Crippen molar-refractivity contribution in [1.82, 2.24) is 10.2 Å². The zero-order valence-electron chi connectivity index (χ0n) is 15.8. The maximum atomic E-state index is 12.1. The van der Waals surface area contributed by atoms with Gasteiger partial charge in [0.2, 0.25) is 5.91 Å². The van der Waals surface area contributed by atoms with E-state index in [9.17, 15) is 4.79 Å². The van der Waals surface area contributed by atoms with Crippen LogP contribution in [0.5, 0.6) is 5.75 Å². The molecule has 5 heteroatoms. The average Bonchev–Trinajstić information content (AvgIpc) is 2.68. The summed E-state index contributed by atoms with van der Waals surface area (Å²) in [7, 11) is 1.69. The highest BCUT2D eigenvalue weighted by Gasteiger charge is 2.19. The highest BCUT2D eigenvalue weighted by molar-refractivity contribution is 6.30. The van der Waals surface area contributed by atoms with Crippen molar-refractivity contribution in [3.05, 3.63) is 64.7 Å². The van der Waals surface area contributed by atoms with Crippen LogP contribution in [0.3, 0.4) is 0 Å². The first kappa shape index (κ1) is 19.7. The van der Waals surface area contributed by atoms with Crippen molar-refractivity contribution in [3.8, 4) is 5.75 Å². The van der Waals surface area contributed by atoms with Crippen LogP contribution in [-0.4, -0.2) is 37.6 Å². The number of likely N-dealkylation sites (tertiary alicyclic amines) is 1. The van der Waals surface area contributed by atoms with Gasteiger partial charge in [-0.1, -0.05) is 35.9 Å². The second-order valence-corrected chi connectivity index (χ2v) is 7.61. The maximum absolute atomic E-state index is 12.1. The number of benzene rings is 2. The number of hydrogen-bond acceptors (Lipinski definition) is 3. The Kier molecular flexibility index (Phi) is 7.13. The number of rotatable bonds is 7. The minimum Gasteiger partial charge on any atom is -0.497 e. The van der Waals surface area contributed by atoms with Crippen LogP contribution in [0.4, 0.5) is 0 Å². The number of ether oxygens (including phenoxy) is 1. The molecule has 0 radical (unpaired) electrons. The van der Waals surface area contributed by atoms with Crippen molar-refractivity contribution in [3.63, 3.8) is 0 Å². The second-order valence-electron chi connectivity index (χ2n) is 7.18. The van der Waals surface area contributed by atoms with Crippen LogP contribution in [0.15, 0.2) is 48.5 Å². The third kappa shape index (κ3) is 6.26. The molecule has 1 amide bonds. The molecule has 1 N–H and O–H groups in total. The number of nitrogens with zero attached hydrogens (tertiary/aromatic N) is 1. The summed E-state index contributed by atoms with van der Waals surface area (Å²) in [5.74, 6) is 1.52. The van der Waals surface area contributed by atoms with Crippen LogP contribution in [-0.2, 0) is 17.8 Å². The van der Waals surface area contributed by atoms with Crippen molar-refractivity contribution in [1.29, 1.82) is 0 Å². The summed E-state index contributed by atoms with van der Waals surface area (Å²) >= 11 is 5.97. The summed E-state index contributed by atoms with van der Waals surface area (Å²) in [5.41, 5.74) is 2.26. The summed E-state index contributed by atoms with van der Waals surface area (Å²) in [5, 5.41) is 3.75. The lowest BCUT2D eigenvalue weighted by Crippen LogP contribution is -2.38. The molecule has 0 bridgehead atoms. The first-order valence-electron chi connectivity index (χ1n) is 9.49. The van der Waals surface area contributed by atoms with Gasteiger partial charge >= 0.3 is 0 Å². The van der Waals surface area contributed by atoms with Gasteiger partial charge in [-0.3, -0.25) is 9.69 Å². The van der Waals surface area contributed by atoms with Crippen LogP contribution in [0.1, 0.15) is 24.0 Å². The van der Waals surface area contributed by atoms with Gasteiger partial charge in [-0.05, 0) is 67.2 Å². The minimum atomic E-state index is 0.0675. The molecule has 1 saturated heterocycles. The molecular formula is C22H27ClN2O2. The minimum absolute atomic E-state index is 0.0675. The largest absolute Gasteiger partial charge is 0.497 e. The van der Waals surface area contributed by atoms with Crippen molar-refractivity contribution >= 4 is 17.5 Å². The molecule has 2 aromatic carbocycles. The Morgan fingerprint density at radius 2 is 1.89 bits per heavy atom. The number of piperidine rings is 1. The zero-order chi connectivity index (χ0) is 19.1. The predicted octanol–water partition coefficient (Wildman–Crippen LogP) is 3.92. The van der Waals surface area contributed by atoms with E-state index >= 15 is 0 Å². The Bertz CT molecular complexity index is 740. The third-order valence-corrected chi connectivity index (χ3v) is 5.35. The zero-order valence-corrected chi connectivity index (χ0v) is 16.5. The molecule has 4 nitrogen and oxygen atoms in total. The maximum Gasteiger partial charge on any atom is 0.224 e. The summed E-state index contributed by atoms with van der Waals surface area (Å²) < 4.78 is 5.21. The number of carbonyl (C=O) groups is 1. The van der Waals surface area contributed by atoms with Gasteiger partial charge in [0.25, 0.3) is 0 Å². The Balaban J connectivity index is 1.37. The normalized spacial score (nSPS) is 15.5. The number of carbonyl (C=O) groups excluding carboxylic acids is 1. The lowest BCUT2D eigenvalue weighted by molar-refractivity contribution is -0.120. The predicted molar refractivity (Wildman–Crippen MR) is 109 cm³/mol. The van der Waals surface area contributed by atoms with Crippen LogP contribution in [0.2, 0.25) is 5.02 Å². The molecule has 0 aliphatic carbocycles. The van der Waals surface area contributed by atoms with E-state index < -0.39 is 0 Å². The average molecular weight is 387 g/mol. The van der Waals surface area contributed by atoms with E-state index in [-0.39, 0.29) is 5.91 Å². The van der Waals surface area contributed by atoms with Gasteiger partial charge in [0.1, 0.15) is 5.75 Å². The molecule has 144 valence electrons. The van der Waals surface area contributed by atoms with E-state index in [0.717, 1.165) is 50.3 Å². The molecule has 1 aliphatic heterocycles. The topological polar surface area (TPSA) is 41.6 Å². The SMILES string of the molecule is COc1ccc(CN2CCC(CNC(=O)Cc3cccc(Cl)c3)CC2)cc1. The molecule has 0 unspecified atom stereocenters. The van der Waals surface area contributed by atoms with Crippen LogP contribution < -0.4 is 10.1 Å². The molecule has 3 rings (SSSR count). The van der Waals surface area contributed by atoms with E-state index in [1.165, 1.54) is 5.56 Å². The standard InChI is InChI=1S/C22H27ClN2O2/c1-27-21-7-5-18(6-8-21)16-25-11-9-17(10-12-25)15-24-22(26)14-19-3-2-4-20(23)13-19/h2-8,13,17H,9-12,14-16H2,1H3,(H,24,26). The van der Waals surface area contributed by atoms with Gasteiger partial charge in [-0.2, -0.15) is 0 Å². The lowest BCUT2D eigenvalue weighted by Gasteiger charge is -2.32. The smallest absolute Gasteiger partial charge is 0.224 e. The number of halogens is 1. The van der Waals surface area contributed by atoms with Gasteiger partial charge in [0.15, 0.2) is 0 Å². The Hall–Kier alpha value is -2.04. The van der Waals surface area contributed by atoms with E-state index in [1.54, 1.807) is 7.11 Å². The fraction of sp³-hybridized carbons (Fsp3) is 0.409. The van der Waals surface area contributed by atoms with Crippen molar-refractivity contribution < 1.29 is 9.53 Å². The van der Waals surface area contributed by atoms with Gasteiger partial charge in [-0.15, -0.1) is 0 Å². The molecule has 1 heterocycles. The number of hydrogen-bond donors (Lipinski definition) is 1. The molecule has 0 saturated carbocycles. The van der Waals surface area contributed by atoms with Crippen LogP contribution in [0.25, 0.3) is 0 Å². The fourth-order valence-electron chi connectivity index (χ4n) is 3.49. The molecule has 1 aliphatic rings. The van der Waals surface area contributed by atoms with Crippen molar-refractivity contribution in [2.24, 2.45) is 5.92 Å². The number of nitrogens with one attached hydrogen (secondary N) is 1. The van der Waals surface area contributed by atoms with Gasteiger partial charge in [0.05, 0.1) is 13.5 Å². The van der Waals surface area contributed by atoms with Gasteiger partial charge in [-0.25, -0.2) is 0 Å². The van der Waals surface area contributed by atoms with Crippen LogP contribution >= 0.6 is 11.6 Å². The molecular weight excluding hydrogens is 360 g/mol. The summed E-state index contributed by atoms with van der Waals surface area (Å²) in [6.45, 7) is 3.87. The van der Waals surface area contributed by atoms with E-state index in [4.69, 9.17) is 16.3 Å². The molecule has 1 fully saturated rings. The van der Waals surface area contributed by atoms with E-state index in [0.29, 0.717) is 17.4 Å². The highest BCUT2D eigenvalue weighted by atomic mass is 35.5. The Morgan fingerprint density at radius 1 is 1.15 bits per heavy atom. The highest BCUT2D eigenvalue weighted by Crippen LogP contribution is 2.20. The van der Waals surface area contributed by atoms with Crippen molar-refractivity contribution in [2.45, 2.75) is 25.8 Å². The van der Waals surface area contributed by atoms with Gasteiger partial charge < -0.3 is 10.1 Å². The summed E-state index contributed by atoms with van der Waals surface area (Å²) in [6, 6.07) is 15.8. The Labute approximate surface area is 166 Å². The molecule has 0 atom stereocenters. The summed E-state index contributed by atoms with van der Waals surface area (Å²) in [6.07, 6.45) is 2.62. The molecule has 27 heavy (non-hydrogen) atoms. The third-order valence-electron chi connectivity index (χ3n) is 5.11. The monoisotopic (exact) mass is 386 g/mol. The number of amides is 1. The lowest BCUT2D eigenvalue weighted by atomic mass is 9.96. The summed E-state index contributed by atoms with van der Waals surface area (Å²) in [4.78, 5) is 14.6. The second kappa shape index (κ2) is 9.77. The molecule has 2 aromatic rings. The Morgan fingerprint density at radius 3 is 2.56 bits per heavy atom.